The molecule has 2 fully saturated rings. The number of amides is 2. The third kappa shape index (κ3) is 4.96. The molecule has 2 amide bonds. The first-order valence-corrected chi connectivity index (χ1v) is 10.7. The maximum Gasteiger partial charge on any atom is 0.247 e. The molecule has 2 aromatic rings. The number of carbonyl (C=O) groups excluding carboxylic acids is 2. The van der Waals surface area contributed by atoms with Crippen LogP contribution in [0.25, 0.3) is 0 Å². The Balaban J connectivity index is 1.38. The van der Waals surface area contributed by atoms with Gasteiger partial charge in [0.15, 0.2) is 0 Å². The highest BCUT2D eigenvalue weighted by atomic mass is 16.5. The van der Waals surface area contributed by atoms with E-state index in [9.17, 15) is 14.8 Å². The van der Waals surface area contributed by atoms with Gasteiger partial charge in [-0.1, -0.05) is 18.2 Å². The van der Waals surface area contributed by atoms with E-state index in [1.54, 1.807) is 23.9 Å². The molecule has 8 nitrogen and oxygen atoms in total. The van der Waals surface area contributed by atoms with Gasteiger partial charge in [0.25, 0.3) is 0 Å². The summed E-state index contributed by atoms with van der Waals surface area (Å²) in [5.41, 5.74) is 2.90. The van der Waals surface area contributed by atoms with E-state index >= 15 is 0 Å². The van der Waals surface area contributed by atoms with Crippen LogP contribution in [0.2, 0.25) is 0 Å². The Morgan fingerprint density at radius 1 is 1.00 bits per heavy atom. The predicted octanol–water partition coefficient (Wildman–Crippen LogP) is 2.10. The van der Waals surface area contributed by atoms with Crippen LogP contribution in [0.4, 0.5) is 5.69 Å². The van der Waals surface area contributed by atoms with E-state index in [2.05, 4.69) is 22.0 Å². The van der Waals surface area contributed by atoms with Gasteiger partial charge in [0, 0.05) is 38.1 Å². The van der Waals surface area contributed by atoms with Crippen LogP contribution >= 0.6 is 0 Å². The molecular weight excluding hydrogens is 396 g/mol. The Kier molecular flexibility index (Phi) is 6.66. The van der Waals surface area contributed by atoms with Crippen LogP contribution in [0.15, 0.2) is 54.9 Å². The highest BCUT2D eigenvalue weighted by molar-refractivity contribution is 5.87. The molecule has 1 aromatic heterocycles. The van der Waals surface area contributed by atoms with Crippen molar-refractivity contribution in [2.75, 3.05) is 31.1 Å². The molecule has 0 bridgehead atoms. The molecule has 8 heteroatoms. The zero-order valence-corrected chi connectivity index (χ0v) is 17.4. The van der Waals surface area contributed by atoms with Crippen molar-refractivity contribution in [1.82, 2.24) is 15.4 Å². The summed E-state index contributed by atoms with van der Waals surface area (Å²) in [6.07, 6.45) is 4.69. The normalized spacial score (nSPS) is 23.8. The molecule has 0 spiro atoms. The van der Waals surface area contributed by atoms with Crippen molar-refractivity contribution in [3.05, 3.63) is 54.9 Å². The van der Waals surface area contributed by atoms with E-state index < -0.39 is 17.7 Å². The van der Waals surface area contributed by atoms with E-state index in [1.807, 2.05) is 29.2 Å². The van der Waals surface area contributed by atoms with Gasteiger partial charge in [-0.3, -0.25) is 19.8 Å². The Morgan fingerprint density at radius 2 is 1.77 bits per heavy atom. The Morgan fingerprint density at radius 3 is 2.45 bits per heavy atom. The summed E-state index contributed by atoms with van der Waals surface area (Å²) in [5, 5.41) is 9.25. The summed E-state index contributed by atoms with van der Waals surface area (Å²) < 4.78 is 5.96. The molecule has 4 rings (SSSR count). The number of para-hydroxylation sites is 1. The molecule has 0 radical (unpaired) electrons. The maximum absolute atomic E-state index is 13.3. The molecule has 3 unspecified atom stereocenters. The zero-order valence-electron chi connectivity index (χ0n) is 17.4. The number of piperazine rings is 1. The zero-order chi connectivity index (χ0) is 21.6. The summed E-state index contributed by atoms with van der Waals surface area (Å²) in [7, 11) is 0. The van der Waals surface area contributed by atoms with Crippen LogP contribution in [0.3, 0.4) is 0 Å². The van der Waals surface area contributed by atoms with Crippen LogP contribution in [-0.2, 0) is 9.59 Å². The largest absolute Gasteiger partial charge is 0.489 e. The average Bonchev–Trinajstić information content (AvgIpc) is 2.84. The SMILES string of the molecule is O=C(NO)C1CC(Oc2cccnc2)CCC1C(=O)N1CCN(c2ccccc2)CC1. The molecule has 2 N–H and O–H groups in total. The summed E-state index contributed by atoms with van der Waals surface area (Å²) in [5.74, 6) is -0.983. The first-order chi connectivity index (χ1) is 15.2. The van der Waals surface area contributed by atoms with E-state index in [0.717, 1.165) is 18.8 Å². The van der Waals surface area contributed by atoms with Crippen LogP contribution < -0.4 is 15.1 Å². The third-order valence-electron chi connectivity index (χ3n) is 6.22. The lowest BCUT2D eigenvalue weighted by molar-refractivity contribution is -0.148. The van der Waals surface area contributed by atoms with Gasteiger partial charge in [-0.25, -0.2) is 5.48 Å². The van der Waals surface area contributed by atoms with Gasteiger partial charge < -0.3 is 14.5 Å². The molecule has 1 aliphatic heterocycles. The highest BCUT2D eigenvalue weighted by Gasteiger charge is 2.42. The lowest BCUT2D eigenvalue weighted by Crippen LogP contribution is -2.53. The molecule has 1 aliphatic carbocycles. The minimum Gasteiger partial charge on any atom is -0.489 e. The molecule has 2 heterocycles. The molecule has 3 atom stereocenters. The van der Waals surface area contributed by atoms with E-state index in [-0.39, 0.29) is 12.0 Å². The van der Waals surface area contributed by atoms with Gasteiger partial charge in [-0.15, -0.1) is 0 Å². The molecule has 1 saturated heterocycles. The van der Waals surface area contributed by atoms with Crippen molar-refractivity contribution < 1.29 is 19.5 Å². The fourth-order valence-electron chi connectivity index (χ4n) is 4.57. The molecule has 31 heavy (non-hydrogen) atoms. The second-order valence-corrected chi connectivity index (χ2v) is 8.08. The number of carbonyl (C=O) groups is 2. The van der Waals surface area contributed by atoms with Gasteiger partial charge >= 0.3 is 0 Å². The minimum atomic E-state index is -0.625. The number of nitrogens with one attached hydrogen (secondary N) is 1. The lowest BCUT2D eigenvalue weighted by Gasteiger charge is -2.40. The third-order valence-corrected chi connectivity index (χ3v) is 6.22. The van der Waals surface area contributed by atoms with Gasteiger partial charge in [-0.2, -0.15) is 0 Å². The van der Waals surface area contributed by atoms with Crippen molar-refractivity contribution in [2.45, 2.75) is 25.4 Å². The number of ether oxygens (including phenoxy) is 1. The molecule has 1 saturated carbocycles. The Hall–Kier alpha value is -3.13. The average molecular weight is 425 g/mol. The molecule has 2 aliphatic rings. The number of nitrogens with zero attached hydrogens (tertiary/aromatic N) is 3. The molecule has 1 aromatic carbocycles. The van der Waals surface area contributed by atoms with E-state index in [0.29, 0.717) is 38.1 Å². The standard InChI is InChI=1S/C23H28N4O4/c28-22(25-30)21-15-18(31-19-7-4-10-24-16-19)8-9-20(21)23(29)27-13-11-26(12-14-27)17-5-2-1-3-6-17/h1-7,10,16,18,20-21,30H,8-9,11-15H2,(H,25,28). The van der Waals surface area contributed by atoms with Crippen molar-refractivity contribution in [1.29, 1.82) is 0 Å². The second-order valence-electron chi connectivity index (χ2n) is 8.08. The van der Waals surface area contributed by atoms with Crippen LogP contribution in [0.5, 0.6) is 5.75 Å². The highest BCUT2D eigenvalue weighted by Crippen LogP contribution is 2.34. The summed E-state index contributed by atoms with van der Waals surface area (Å²) in [4.78, 5) is 33.8. The van der Waals surface area contributed by atoms with E-state index in [4.69, 9.17) is 4.74 Å². The number of hydrogen-bond donors (Lipinski definition) is 2. The van der Waals surface area contributed by atoms with Gasteiger partial charge in [0.2, 0.25) is 11.8 Å². The Labute approximate surface area is 181 Å². The first kappa shape index (κ1) is 21.1. The summed E-state index contributed by atoms with van der Waals surface area (Å²) >= 11 is 0. The number of aromatic nitrogens is 1. The Bertz CT molecular complexity index is 872. The molecule has 164 valence electrons. The second kappa shape index (κ2) is 9.78. The van der Waals surface area contributed by atoms with Crippen LogP contribution in [0, 0.1) is 11.8 Å². The number of anilines is 1. The monoisotopic (exact) mass is 424 g/mol. The fraction of sp³-hybridized carbons (Fsp3) is 0.435. The van der Waals surface area contributed by atoms with E-state index in [1.165, 1.54) is 0 Å². The fourth-order valence-corrected chi connectivity index (χ4v) is 4.57. The minimum absolute atomic E-state index is 0.0128. The van der Waals surface area contributed by atoms with Gasteiger partial charge in [-0.05, 0) is 43.5 Å². The van der Waals surface area contributed by atoms with Gasteiger partial charge in [0.05, 0.1) is 24.1 Å². The predicted molar refractivity (Wildman–Crippen MR) is 115 cm³/mol. The van der Waals surface area contributed by atoms with Crippen LogP contribution in [-0.4, -0.2) is 59.2 Å². The van der Waals surface area contributed by atoms with Crippen molar-refractivity contribution in [2.24, 2.45) is 11.8 Å². The molecular formula is C23H28N4O4. The van der Waals surface area contributed by atoms with Crippen molar-refractivity contribution in [3.63, 3.8) is 0 Å². The summed E-state index contributed by atoms with van der Waals surface area (Å²) in [6.45, 7) is 2.75. The summed E-state index contributed by atoms with van der Waals surface area (Å²) in [6, 6.07) is 13.8. The number of rotatable bonds is 5. The van der Waals surface area contributed by atoms with Crippen LogP contribution in [0.1, 0.15) is 19.3 Å². The smallest absolute Gasteiger partial charge is 0.247 e. The number of hydroxylamine groups is 1. The topological polar surface area (TPSA) is 95.0 Å². The quantitative estimate of drug-likeness (QED) is 0.564. The maximum atomic E-state index is 13.3. The van der Waals surface area contributed by atoms with Crippen molar-refractivity contribution in [3.8, 4) is 5.75 Å². The van der Waals surface area contributed by atoms with Crippen molar-refractivity contribution >= 4 is 17.5 Å². The first-order valence-electron chi connectivity index (χ1n) is 10.7. The number of pyridine rings is 1. The lowest BCUT2D eigenvalue weighted by atomic mass is 9.76. The van der Waals surface area contributed by atoms with Gasteiger partial charge in [0.1, 0.15) is 5.75 Å². The number of benzene rings is 1. The number of hydrogen-bond acceptors (Lipinski definition) is 6.